The van der Waals surface area contributed by atoms with Crippen molar-refractivity contribution in [1.29, 1.82) is 0 Å². The van der Waals surface area contributed by atoms with Gasteiger partial charge in [-0.3, -0.25) is 4.79 Å². The van der Waals surface area contributed by atoms with Crippen LogP contribution in [0.1, 0.15) is 34.5 Å². The number of fused-ring (bicyclic) bond motifs is 3. The minimum absolute atomic E-state index is 0.147. The van der Waals surface area contributed by atoms with Crippen molar-refractivity contribution in [2.75, 3.05) is 14.1 Å². The number of carboxylic acids is 1. The summed E-state index contributed by atoms with van der Waals surface area (Å²) >= 11 is 0. The van der Waals surface area contributed by atoms with E-state index in [0.717, 1.165) is 16.7 Å². The van der Waals surface area contributed by atoms with E-state index >= 15 is 0 Å². The fourth-order valence-corrected chi connectivity index (χ4v) is 4.01. The maximum Gasteiger partial charge on any atom is 0.338 e. The molecule has 3 aromatic rings. The summed E-state index contributed by atoms with van der Waals surface area (Å²) in [6.45, 7) is 2.33. The summed E-state index contributed by atoms with van der Waals surface area (Å²) in [5, 5.41) is 10.2. The second kappa shape index (κ2) is 6.77. The number of hydrogen-bond acceptors (Lipinski definition) is 3. The predicted molar refractivity (Wildman–Crippen MR) is 110 cm³/mol. The highest BCUT2D eigenvalue weighted by atomic mass is 16.4. The smallest absolute Gasteiger partial charge is 0.338 e. The standard InChI is InChI=1S/C23H22N2O3/c1-14(24(2)3)18-19(15-9-5-4-6-10-15)22(26)25-13-16-11-7-8-12-17(16)21(25)20(18)23(27)28/h4-12,14H,13H2,1-3H3,(H,27,28). The van der Waals surface area contributed by atoms with Gasteiger partial charge in [0.15, 0.2) is 0 Å². The van der Waals surface area contributed by atoms with Crippen LogP contribution >= 0.6 is 0 Å². The van der Waals surface area contributed by atoms with Crippen molar-refractivity contribution in [2.45, 2.75) is 19.5 Å². The van der Waals surface area contributed by atoms with Gasteiger partial charge in [-0.2, -0.15) is 0 Å². The van der Waals surface area contributed by atoms with Gasteiger partial charge in [-0.15, -0.1) is 0 Å². The van der Waals surface area contributed by atoms with Gasteiger partial charge in [0, 0.05) is 11.6 Å². The molecule has 0 bridgehead atoms. The summed E-state index contributed by atoms with van der Waals surface area (Å²) in [5.74, 6) is -1.01. The average molecular weight is 374 g/mol. The molecule has 5 heteroatoms. The maximum atomic E-state index is 13.6. The Labute approximate surface area is 163 Å². The van der Waals surface area contributed by atoms with E-state index in [9.17, 15) is 14.7 Å². The van der Waals surface area contributed by atoms with Crippen LogP contribution in [0, 0.1) is 0 Å². The van der Waals surface area contributed by atoms with Gasteiger partial charge < -0.3 is 14.6 Å². The Balaban J connectivity index is 2.19. The largest absolute Gasteiger partial charge is 0.478 e. The molecule has 0 radical (unpaired) electrons. The highest BCUT2D eigenvalue weighted by Gasteiger charge is 2.33. The normalized spacial score (nSPS) is 13.3. The third-order valence-electron chi connectivity index (χ3n) is 5.57. The Morgan fingerprint density at radius 2 is 1.71 bits per heavy atom. The van der Waals surface area contributed by atoms with Crippen LogP contribution < -0.4 is 5.56 Å². The van der Waals surface area contributed by atoms with Gasteiger partial charge in [0.2, 0.25) is 0 Å². The number of rotatable bonds is 4. The molecule has 4 rings (SSSR count). The highest BCUT2D eigenvalue weighted by Crippen LogP contribution is 2.40. The summed E-state index contributed by atoms with van der Waals surface area (Å²) in [5.41, 5.74) is 4.14. The van der Waals surface area contributed by atoms with Crippen molar-refractivity contribution in [1.82, 2.24) is 9.47 Å². The van der Waals surface area contributed by atoms with Crippen molar-refractivity contribution in [3.63, 3.8) is 0 Å². The molecule has 1 aromatic heterocycles. The molecule has 1 atom stereocenters. The first kappa shape index (κ1) is 18.2. The Morgan fingerprint density at radius 3 is 2.36 bits per heavy atom. The minimum Gasteiger partial charge on any atom is -0.478 e. The Morgan fingerprint density at radius 1 is 1.07 bits per heavy atom. The average Bonchev–Trinajstić information content (AvgIpc) is 3.07. The van der Waals surface area contributed by atoms with Crippen molar-refractivity contribution in [3.05, 3.63) is 81.6 Å². The summed E-state index contributed by atoms with van der Waals surface area (Å²) in [6.07, 6.45) is 0. The van der Waals surface area contributed by atoms with Gasteiger partial charge in [-0.05, 0) is 37.7 Å². The first-order valence-electron chi connectivity index (χ1n) is 9.26. The lowest BCUT2D eigenvalue weighted by molar-refractivity contribution is 0.0694. The first-order valence-corrected chi connectivity index (χ1v) is 9.26. The monoisotopic (exact) mass is 374 g/mol. The first-order chi connectivity index (χ1) is 13.4. The van der Waals surface area contributed by atoms with E-state index < -0.39 is 5.97 Å². The molecule has 5 nitrogen and oxygen atoms in total. The Bertz CT molecular complexity index is 1130. The number of carboxylic acid groups (broad SMARTS) is 1. The van der Waals surface area contributed by atoms with E-state index in [4.69, 9.17) is 0 Å². The second-order valence-corrected chi connectivity index (χ2v) is 7.37. The van der Waals surface area contributed by atoms with Gasteiger partial charge in [-0.1, -0.05) is 54.6 Å². The molecule has 0 saturated heterocycles. The van der Waals surface area contributed by atoms with E-state index in [1.807, 2.05) is 80.5 Å². The summed E-state index contributed by atoms with van der Waals surface area (Å²) < 4.78 is 1.61. The molecule has 0 fully saturated rings. The zero-order valence-electron chi connectivity index (χ0n) is 16.1. The molecule has 0 spiro atoms. The van der Waals surface area contributed by atoms with Crippen LogP contribution in [-0.2, 0) is 6.54 Å². The number of carbonyl (C=O) groups is 1. The van der Waals surface area contributed by atoms with Crippen molar-refractivity contribution >= 4 is 5.97 Å². The van der Waals surface area contributed by atoms with Crippen molar-refractivity contribution in [2.24, 2.45) is 0 Å². The van der Waals surface area contributed by atoms with Gasteiger partial charge >= 0.3 is 5.97 Å². The van der Waals surface area contributed by atoms with E-state index in [0.29, 0.717) is 23.4 Å². The summed E-state index contributed by atoms with van der Waals surface area (Å²) in [7, 11) is 3.79. The topological polar surface area (TPSA) is 62.5 Å². The molecule has 0 saturated carbocycles. The molecule has 2 aromatic carbocycles. The Hall–Kier alpha value is -3.18. The third-order valence-corrected chi connectivity index (χ3v) is 5.57. The number of benzene rings is 2. The third kappa shape index (κ3) is 2.67. The van der Waals surface area contributed by atoms with Crippen molar-refractivity contribution < 1.29 is 9.90 Å². The fraction of sp³-hybridized carbons (Fsp3) is 0.217. The van der Waals surface area contributed by atoms with E-state index in [1.165, 1.54) is 0 Å². The molecule has 1 N–H and O–H groups in total. The number of pyridine rings is 1. The number of hydrogen-bond donors (Lipinski definition) is 1. The predicted octanol–water partition coefficient (Wildman–Crippen LogP) is 3.86. The zero-order chi connectivity index (χ0) is 20.0. The van der Waals surface area contributed by atoms with E-state index in [-0.39, 0.29) is 17.2 Å². The summed E-state index contributed by atoms with van der Waals surface area (Å²) in [4.78, 5) is 28.0. The van der Waals surface area contributed by atoms with Crippen LogP contribution in [0.25, 0.3) is 22.4 Å². The fourth-order valence-electron chi connectivity index (χ4n) is 4.01. The lowest BCUT2D eigenvalue weighted by Gasteiger charge is -2.26. The van der Waals surface area contributed by atoms with Crippen LogP contribution in [-0.4, -0.2) is 34.6 Å². The van der Waals surface area contributed by atoms with Crippen LogP contribution in [0.4, 0.5) is 0 Å². The number of aromatic carboxylic acids is 1. The van der Waals surface area contributed by atoms with E-state index in [2.05, 4.69) is 0 Å². The number of aromatic nitrogens is 1. The summed E-state index contributed by atoms with van der Waals surface area (Å²) in [6, 6.07) is 16.7. The molecule has 2 heterocycles. The van der Waals surface area contributed by atoms with Crippen molar-refractivity contribution in [3.8, 4) is 22.4 Å². The highest BCUT2D eigenvalue weighted by molar-refractivity contribution is 6.00. The van der Waals surface area contributed by atoms with E-state index in [1.54, 1.807) is 4.57 Å². The van der Waals surface area contributed by atoms with Crippen LogP contribution in [0.5, 0.6) is 0 Å². The zero-order valence-corrected chi connectivity index (χ0v) is 16.1. The lowest BCUT2D eigenvalue weighted by atomic mass is 9.89. The SMILES string of the molecule is CC(c1c(C(=O)O)c2n(c(=O)c1-c1ccccc1)Cc1ccccc1-2)N(C)C. The maximum absolute atomic E-state index is 13.6. The van der Waals surface area contributed by atoms with Gasteiger partial charge in [0.05, 0.1) is 23.4 Å². The second-order valence-electron chi connectivity index (χ2n) is 7.37. The van der Waals surface area contributed by atoms with Gasteiger partial charge in [0.1, 0.15) is 0 Å². The van der Waals surface area contributed by atoms with Crippen LogP contribution in [0.15, 0.2) is 59.4 Å². The van der Waals surface area contributed by atoms with Crippen LogP contribution in [0.3, 0.4) is 0 Å². The Kier molecular flexibility index (Phi) is 4.40. The molecular weight excluding hydrogens is 352 g/mol. The number of nitrogens with zero attached hydrogens (tertiary/aromatic N) is 2. The molecule has 1 aliphatic heterocycles. The molecule has 1 aliphatic rings. The molecule has 1 unspecified atom stereocenters. The molecule has 142 valence electrons. The molecular formula is C23H22N2O3. The van der Waals surface area contributed by atoms with Gasteiger partial charge in [0.25, 0.3) is 5.56 Å². The molecule has 0 aliphatic carbocycles. The quantitative estimate of drug-likeness (QED) is 0.589. The molecule has 0 amide bonds. The minimum atomic E-state index is -1.01. The van der Waals surface area contributed by atoms with Gasteiger partial charge in [-0.25, -0.2) is 4.79 Å². The molecule has 28 heavy (non-hydrogen) atoms. The van der Waals surface area contributed by atoms with Crippen LogP contribution in [0.2, 0.25) is 0 Å². The lowest BCUT2D eigenvalue weighted by Crippen LogP contribution is -2.30.